The summed E-state index contributed by atoms with van der Waals surface area (Å²) in [6.07, 6.45) is 9.59. The number of rotatable bonds is 4. The van der Waals surface area contributed by atoms with E-state index in [1.165, 1.54) is 0 Å². The highest BCUT2D eigenvalue weighted by molar-refractivity contribution is 5.71. The first kappa shape index (κ1) is 13.2. The summed E-state index contributed by atoms with van der Waals surface area (Å²) in [6, 6.07) is -0.208. The molecule has 0 bridgehead atoms. The zero-order valence-corrected chi connectivity index (χ0v) is 11.2. The van der Waals surface area contributed by atoms with Gasteiger partial charge in [-0.15, -0.1) is 0 Å². The van der Waals surface area contributed by atoms with E-state index in [4.69, 9.17) is 0 Å². The van der Waals surface area contributed by atoms with Gasteiger partial charge in [-0.1, -0.05) is 11.5 Å². The van der Waals surface area contributed by atoms with Crippen LogP contribution < -0.4 is 0 Å². The lowest BCUT2D eigenvalue weighted by Crippen LogP contribution is -2.52. The quantitative estimate of drug-likeness (QED) is 0.438. The molecule has 0 aromatic heterocycles. The van der Waals surface area contributed by atoms with Crippen LogP contribution in [0.2, 0.25) is 0 Å². The molecule has 4 atom stereocenters. The van der Waals surface area contributed by atoms with Gasteiger partial charge >= 0.3 is 0 Å². The Morgan fingerprint density at radius 3 is 2.78 bits per heavy atom. The zero-order valence-electron chi connectivity index (χ0n) is 11.2. The first-order valence-electron chi connectivity index (χ1n) is 6.85. The third kappa shape index (κ3) is 2.19. The molecule has 0 amide bonds. The summed E-state index contributed by atoms with van der Waals surface area (Å²) < 4.78 is 0.523. The Morgan fingerprint density at radius 1 is 1.50 bits per heavy atom. The Labute approximate surface area is 108 Å². The lowest BCUT2D eigenvalue weighted by atomic mass is 9.80. The molecule has 2 aliphatic rings. The van der Waals surface area contributed by atoms with Crippen molar-refractivity contribution in [2.24, 2.45) is 11.0 Å². The maximum atomic E-state index is 11.2. The minimum Gasteiger partial charge on any atom is -0.264 e. The molecule has 100 valence electrons. The number of quaternary nitrogens is 1. The molecule has 0 N–H and O–H groups in total. The van der Waals surface area contributed by atoms with Crippen LogP contribution in [0.15, 0.2) is 17.4 Å². The number of hydrogen-bond acceptors (Lipinski definition) is 3. The summed E-state index contributed by atoms with van der Waals surface area (Å²) in [4.78, 5) is 11.1. The lowest BCUT2D eigenvalue weighted by Gasteiger charge is -2.38. The number of allylic oxidation sites excluding steroid dienone is 1. The summed E-state index contributed by atoms with van der Waals surface area (Å²) >= 11 is 0. The molecule has 1 heterocycles. The smallest absolute Gasteiger partial charge is 0.221 e. The van der Waals surface area contributed by atoms with Gasteiger partial charge in [0.15, 0.2) is 0 Å². The largest absolute Gasteiger partial charge is 0.264 e. The first-order valence-corrected chi connectivity index (χ1v) is 6.85. The molecule has 0 spiro atoms. The fourth-order valence-electron chi connectivity index (χ4n) is 3.40. The molecule has 5 heteroatoms. The van der Waals surface area contributed by atoms with Crippen molar-refractivity contribution in [2.75, 3.05) is 6.54 Å². The summed E-state index contributed by atoms with van der Waals surface area (Å²) in [7, 11) is 0. The van der Waals surface area contributed by atoms with Gasteiger partial charge in [0.2, 0.25) is 6.04 Å². The molecule has 0 saturated heterocycles. The fourth-order valence-corrected chi connectivity index (χ4v) is 3.40. The van der Waals surface area contributed by atoms with Gasteiger partial charge in [-0.2, -0.15) is 4.59 Å². The normalized spacial score (nSPS) is 36.8. The van der Waals surface area contributed by atoms with Crippen molar-refractivity contribution in [3.63, 3.8) is 0 Å². The average Bonchev–Trinajstić information content (AvgIpc) is 2.87. The Bertz CT molecular complexity index is 366. The Balaban J connectivity index is 2.20. The molecule has 1 fully saturated rings. The molecule has 0 aromatic carbocycles. The monoisotopic (exact) mass is 252 g/mol. The Kier molecular flexibility index (Phi) is 3.80. The fraction of sp³-hybridized carbons (Fsp3) is 0.769. The van der Waals surface area contributed by atoms with E-state index in [1.54, 1.807) is 0 Å². The molecule has 2 rings (SSSR count). The van der Waals surface area contributed by atoms with E-state index < -0.39 is 0 Å². The van der Waals surface area contributed by atoms with Crippen LogP contribution in [0.25, 0.3) is 0 Å². The van der Waals surface area contributed by atoms with E-state index in [1.807, 2.05) is 12.3 Å². The van der Waals surface area contributed by atoms with E-state index in [0.29, 0.717) is 4.59 Å². The van der Waals surface area contributed by atoms with Gasteiger partial charge < -0.3 is 0 Å². The summed E-state index contributed by atoms with van der Waals surface area (Å²) in [5.74, 6) is 0.133. The topological polar surface area (TPSA) is 55.5 Å². The highest BCUT2D eigenvalue weighted by Gasteiger charge is 2.47. The van der Waals surface area contributed by atoms with Crippen molar-refractivity contribution in [3.05, 3.63) is 22.4 Å². The third-order valence-corrected chi connectivity index (χ3v) is 4.60. The van der Waals surface area contributed by atoms with Crippen molar-refractivity contribution in [1.29, 1.82) is 0 Å². The standard InChI is InChI=1S/C13H22N3O2/c1-3-16(10-6-9-14-16)11(2)12-7-4-5-8-13(12)15(17)18/h6,9-13H,3-5,7-8H2,1-2H3/q+1/t11?,12?,13?,16-/m0/s1. The van der Waals surface area contributed by atoms with E-state index >= 15 is 0 Å². The minimum absolute atomic E-state index is 0.0734. The molecule has 0 radical (unpaired) electrons. The highest BCUT2D eigenvalue weighted by Crippen LogP contribution is 2.35. The summed E-state index contributed by atoms with van der Waals surface area (Å²) in [5.41, 5.74) is 0. The molecule has 1 aliphatic carbocycles. The van der Waals surface area contributed by atoms with Crippen LogP contribution in [0, 0.1) is 16.0 Å². The van der Waals surface area contributed by atoms with Gasteiger partial charge in [0, 0.05) is 17.4 Å². The van der Waals surface area contributed by atoms with Crippen molar-refractivity contribution >= 4 is 6.21 Å². The molecular weight excluding hydrogens is 230 g/mol. The lowest BCUT2D eigenvalue weighted by molar-refractivity contribution is -0.911. The third-order valence-electron chi connectivity index (χ3n) is 4.60. The summed E-state index contributed by atoms with van der Waals surface area (Å²) in [5, 5.41) is 15.8. The van der Waals surface area contributed by atoms with Crippen LogP contribution in [0.4, 0.5) is 0 Å². The van der Waals surface area contributed by atoms with Crippen LogP contribution in [0.1, 0.15) is 39.5 Å². The maximum Gasteiger partial charge on any atom is 0.221 e. The molecule has 3 unspecified atom stereocenters. The van der Waals surface area contributed by atoms with Crippen molar-refractivity contribution in [1.82, 2.24) is 0 Å². The molecule has 1 aliphatic heterocycles. The highest BCUT2D eigenvalue weighted by atomic mass is 16.6. The van der Waals surface area contributed by atoms with E-state index in [-0.39, 0.29) is 22.9 Å². The molecule has 5 nitrogen and oxygen atoms in total. The van der Waals surface area contributed by atoms with Crippen molar-refractivity contribution < 1.29 is 9.52 Å². The SMILES string of the molecule is CC[N@@+]1(C(C)C2CCCCC2[N+](=O)[O-])C=CC=N1. The van der Waals surface area contributed by atoms with Crippen molar-refractivity contribution in [2.45, 2.75) is 51.6 Å². The van der Waals surface area contributed by atoms with Crippen LogP contribution in [0.3, 0.4) is 0 Å². The zero-order chi connectivity index (χ0) is 13.2. The number of nitro groups is 1. The van der Waals surface area contributed by atoms with Gasteiger partial charge in [0.1, 0.15) is 18.8 Å². The van der Waals surface area contributed by atoms with Crippen LogP contribution in [0.5, 0.6) is 0 Å². The van der Waals surface area contributed by atoms with Crippen LogP contribution >= 0.6 is 0 Å². The predicted molar refractivity (Wildman–Crippen MR) is 70.6 cm³/mol. The maximum absolute atomic E-state index is 11.2. The second kappa shape index (κ2) is 5.18. The van der Waals surface area contributed by atoms with Crippen LogP contribution in [-0.2, 0) is 0 Å². The molecule has 1 saturated carbocycles. The molecule has 18 heavy (non-hydrogen) atoms. The summed E-state index contributed by atoms with van der Waals surface area (Å²) in [6.45, 7) is 5.06. The number of nitrogens with zero attached hydrogens (tertiary/aromatic N) is 3. The van der Waals surface area contributed by atoms with Crippen LogP contribution in [-0.4, -0.2) is 34.4 Å². The van der Waals surface area contributed by atoms with Gasteiger partial charge in [-0.25, -0.2) is 0 Å². The Hall–Kier alpha value is -1.23. The van der Waals surface area contributed by atoms with Gasteiger partial charge in [0.05, 0.1) is 12.1 Å². The molecular formula is C13H22N3O2+. The van der Waals surface area contributed by atoms with Crippen molar-refractivity contribution in [3.8, 4) is 0 Å². The van der Waals surface area contributed by atoms with Gasteiger partial charge in [-0.05, 0) is 26.7 Å². The predicted octanol–water partition coefficient (Wildman–Crippen LogP) is 2.56. The Morgan fingerprint density at radius 2 is 2.22 bits per heavy atom. The van der Waals surface area contributed by atoms with E-state index in [2.05, 4.69) is 25.1 Å². The number of hydrogen-bond donors (Lipinski definition) is 0. The minimum atomic E-state index is -0.389. The second-order valence-corrected chi connectivity index (χ2v) is 5.35. The van der Waals surface area contributed by atoms with E-state index in [0.717, 1.165) is 32.2 Å². The van der Waals surface area contributed by atoms with E-state index in [9.17, 15) is 10.1 Å². The first-order chi connectivity index (χ1) is 8.60. The molecule has 0 aromatic rings. The average molecular weight is 252 g/mol. The van der Waals surface area contributed by atoms with Gasteiger partial charge in [0.25, 0.3) is 0 Å². The van der Waals surface area contributed by atoms with Gasteiger partial charge in [-0.3, -0.25) is 10.1 Å². The second-order valence-electron chi connectivity index (χ2n) is 5.35.